The minimum atomic E-state index is -0.664. The van der Waals surface area contributed by atoms with Gasteiger partial charge in [-0.05, 0) is 25.0 Å². The second-order valence-electron chi connectivity index (χ2n) is 5.05. The number of thioether (sulfide) groups is 1. The minimum Gasteiger partial charge on any atom is -0.308 e. The van der Waals surface area contributed by atoms with Gasteiger partial charge in [0.1, 0.15) is 0 Å². The lowest BCUT2D eigenvalue weighted by atomic mass is 10.1. The number of aromatic nitrogens is 3. The molecule has 0 fully saturated rings. The highest BCUT2D eigenvalue weighted by molar-refractivity contribution is 7.99. The fourth-order valence-electron chi connectivity index (χ4n) is 2.58. The van der Waals surface area contributed by atoms with Crippen LogP contribution in [0.5, 0.6) is 0 Å². The van der Waals surface area contributed by atoms with E-state index in [1.807, 2.05) is 31.2 Å². The molecule has 2 aromatic rings. The zero-order valence-electron chi connectivity index (χ0n) is 11.8. The summed E-state index contributed by atoms with van der Waals surface area (Å²) in [5.41, 5.74) is 0.816. The molecule has 0 saturated heterocycles. The number of carbonyl (C=O) groups is 1. The van der Waals surface area contributed by atoms with Crippen molar-refractivity contribution in [3.05, 3.63) is 50.7 Å². The number of benzene rings is 1. The highest BCUT2D eigenvalue weighted by Gasteiger charge is 2.30. The first-order chi connectivity index (χ1) is 10.6. The Bertz CT molecular complexity index is 829. The first kappa shape index (κ1) is 14.6. The molecule has 3 rings (SSSR count). The topological polar surface area (TPSA) is 98.9 Å². The lowest BCUT2D eigenvalue weighted by Gasteiger charge is -2.22. The van der Waals surface area contributed by atoms with Gasteiger partial charge in [-0.3, -0.25) is 14.6 Å². The van der Waals surface area contributed by atoms with Gasteiger partial charge in [0.15, 0.2) is 5.03 Å². The Morgan fingerprint density at radius 1 is 1.41 bits per heavy atom. The number of rotatable bonds is 3. The van der Waals surface area contributed by atoms with Gasteiger partial charge in [0.25, 0.3) is 5.56 Å². The van der Waals surface area contributed by atoms with Crippen molar-refractivity contribution in [2.24, 2.45) is 0 Å². The maximum atomic E-state index is 12.5. The third-order valence-electron chi connectivity index (χ3n) is 3.49. The lowest BCUT2D eigenvalue weighted by molar-refractivity contribution is -0.116. The summed E-state index contributed by atoms with van der Waals surface area (Å²) in [6, 6.07) is 7.89. The number of aromatic amines is 2. The van der Waals surface area contributed by atoms with Crippen molar-refractivity contribution >= 4 is 23.4 Å². The highest BCUT2D eigenvalue weighted by atomic mass is 32.2. The predicted molar refractivity (Wildman–Crippen MR) is 83.3 cm³/mol. The van der Waals surface area contributed by atoms with Gasteiger partial charge in [-0.25, -0.2) is 9.89 Å². The average Bonchev–Trinajstić information content (AvgIpc) is 2.82. The maximum absolute atomic E-state index is 12.5. The molecule has 1 aliphatic heterocycles. The quantitative estimate of drug-likeness (QED) is 0.804. The third kappa shape index (κ3) is 2.69. The number of fused-ring (bicyclic) bond motifs is 1. The molecule has 1 aromatic heterocycles. The number of H-pyrrole nitrogens is 2. The molecule has 8 heteroatoms. The van der Waals surface area contributed by atoms with Crippen molar-refractivity contribution in [3.8, 4) is 0 Å². The molecule has 0 spiro atoms. The van der Waals surface area contributed by atoms with Crippen LogP contribution in [0.15, 0.2) is 38.9 Å². The van der Waals surface area contributed by atoms with Crippen molar-refractivity contribution in [1.29, 1.82) is 0 Å². The van der Waals surface area contributed by atoms with E-state index in [1.165, 1.54) is 0 Å². The summed E-state index contributed by atoms with van der Waals surface area (Å²) in [5, 5.41) is 5.88. The average molecular weight is 318 g/mol. The molecule has 1 atom stereocenters. The van der Waals surface area contributed by atoms with Crippen molar-refractivity contribution in [2.75, 3.05) is 10.7 Å². The molecule has 1 unspecified atom stereocenters. The molecule has 2 N–H and O–H groups in total. The Kier molecular flexibility index (Phi) is 3.84. The maximum Gasteiger partial charge on any atom is 0.342 e. The van der Waals surface area contributed by atoms with Crippen LogP contribution in [-0.2, 0) is 11.2 Å². The van der Waals surface area contributed by atoms with Crippen molar-refractivity contribution in [3.63, 3.8) is 0 Å². The first-order valence-electron chi connectivity index (χ1n) is 6.78. The molecule has 114 valence electrons. The number of hydrogen-bond donors (Lipinski definition) is 2. The summed E-state index contributed by atoms with van der Waals surface area (Å²) < 4.78 is 0. The molecule has 1 aromatic carbocycles. The van der Waals surface area contributed by atoms with Crippen LogP contribution in [0, 0.1) is 0 Å². The molecule has 0 aliphatic carbocycles. The molecular formula is C14H14N4O3S. The van der Waals surface area contributed by atoms with Crippen LogP contribution in [0.3, 0.4) is 0 Å². The van der Waals surface area contributed by atoms with E-state index < -0.39 is 11.2 Å². The Morgan fingerprint density at radius 3 is 2.95 bits per heavy atom. The second-order valence-corrected chi connectivity index (χ2v) is 6.01. The summed E-state index contributed by atoms with van der Waals surface area (Å²) in [4.78, 5) is 38.8. The molecule has 2 heterocycles. The Balaban J connectivity index is 1.75. The van der Waals surface area contributed by atoms with E-state index in [1.54, 1.807) is 4.90 Å². The number of amides is 1. The zero-order chi connectivity index (χ0) is 15.7. The van der Waals surface area contributed by atoms with Crippen molar-refractivity contribution in [2.45, 2.75) is 24.4 Å². The van der Waals surface area contributed by atoms with Crippen LogP contribution in [0.1, 0.15) is 12.5 Å². The molecule has 1 amide bonds. The molecule has 7 nitrogen and oxygen atoms in total. The number of nitrogens with one attached hydrogen (secondary N) is 2. The molecule has 0 bridgehead atoms. The van der Waals surface area contributed by atoms with Crippen LogP contribution in [0.25, 0.3) is 0 Å². The van der Waals surface area contributed by atoms with Crippen LogP contribution in [0.2, 0.25) is 0 Å². The summed E-state index contributed by atoms with van der Waals surface area (Å²) in [6.45, 7) is 1.99. The number of anilines is 1. The predicted octanol–water partition coefficient (Wildman–Crippen LogP) is 0.528. The second kappa shape index (κ2) is 5.80. The standard InChI is InChI=1S/C14H14N4O3S/c1-8-6-9-4-2-3-5-10(9)18(8)11(19)7-22-13-12(20)15-14(21)17-16-13/h2-5,8H,6-7H2,1H3,(H2,15,17,20,21). The van der Waals surface area contributed by atoms with E-state index in [0.29, 0.717) is 0 Å². The van der Waals surface area contributed by atoms with Crippen LogP contribution in [-0.4, -0.2) is 32.9 Å². The molecule has 0 radical (unpaired) electrons. The van der Waals surface area contributed by atoms with Gasteiger partial charge >= 0.3 is 5.69 Å². The van der Waals surface area contributed by atoms with Gasteiger partial charge in [0, 0.05) is 11.7 Å². The molecule has 1 aliphatic rings. The first-order valence-corrected chi connectivity index (χ1v) is 7.76. The normalized spacial score (nSPS) is 16.6. The SMILES string of the molecule is CC1Cc2ccccc2N1C(=O)CSc1n[nH]c(=O)[nH]c1=O. The Hall–Kier alpha value is -2.35. The molecule has 0 saturated carbocycles. The number of hydrogen-bond acceptors (Lipinski definition) is 5. The van der Waals surface area contributed by atoms with Crippen molar-refractivity contribution < 1.29 is 4.79 Å². The third-order valence-corrected chi connectivity index (χ3v) is 4.43. The summed E-state index contributed by atoms with van der Waals surface area (Å²) in [7, 11) is 0. The highest BCUT2D eigenvalue weighted by Crippen LogP contribution is 2.32. The van der Waals surface area contributed by atoms with E-state index in [4.69, 9.17) is 0 Å². The van der Waals surface area contributed by atoms with E-state index in [9.17, 15) is 14.4 Å². The van der Waals surface area contributed by atoms with Gasteiger partial charge < -0.3 is 4.90 Å². The monoisotopic (exact) mass is 318 g/mol. The van der Waals surface area contributed by atoms with Crippen LogP contribution in [0.4, 0.5) is 5.69 Å². The van der Waals surface area contributed by atoms with Crippen molar-refractivity contribution in [1.82, 2.24) is 15.2 Å². The largest absolute Gasteiger partial charge is 0.342 e. The summed E-state index contributed by atoms with van der Waals surface area (Å²) in [5.74, 6) is -0.00398. The number of carbonyl (C=O) groups excluding carboxylic acids is 1. The smallest absolute Gasteiger partial charge is 0.308 e. The van der Waals surface area contributed by atoms with Gasteiger partial charge in [0.05, 0.1) is 5.75 Å². The van der Waals surface area contributed by atoms with E-state index in [0.717, 1.165) is 29.4 Å². The van der Waals surface area contributed by atoms with Crippen LogP contribution < -0.4 is 16.1 Å². The lowest BCUT2D eigenvalue weighted by Crippen LogP contribution is -2.37. The van der Waals surface area contributed by atoms with Gasteiger partial charge in [-0.1, -0.05) is 30.0 Å². The molecule has 22 heavy (non-hydrogen) atoms. The fraction of sp³-hybridized carbons (Fsp3) is 0.286. The minimum absolute atomic E-state index is 0.0769. The fourth-order valence-corrected chi connectivity index (χ4v) is 3.27. The summed E-state index contributed by atoms with van der Waals surface area (Å²) >= 11 is 1.01. The summed E-state index contributed by atoms with van der Waals surface area (Å²) in [6.07, 6.45) is 0.823. The van der Waals surface area contributed by atoms with Gasteiger partial charge in [0.2, 0.25) is 5.91 Å². The van der Waals surface area contributed by atoms with Gasteiger partial charge in [-0.15, -0.1) is 0 Å². The zero-order valence-corrected chi connectivity index (χ0v) is 12.6. The van der Waals surface area contributed by atoms with E-state index in [2.05, 4.69) is 15.2 Å². The Labute approximate surface area is 129 Å². The van der Waals surface area contributed by atoms with E-state index in [-0.39, 0.29) is 22.7 Å². The molecular weight excluding hydrogens is 304 g/mol. The number of nitrogens with zero attached hydrogens (tertiary/aromatic N) is 2. The Morgan fingerprint density at radius 2 is 2.18 bits per heavy atom. The van der Waals surface area contributed by atoms with Crippen LogP contribution >= 0.6 is 11.8 Å². The number of para-hydroxylation sites is 1. The van der Waals surface area contributed by atoms with Gasteiger partial charge in [-0.2, -0.15) is 5.10 Å². The van der Waals surface area contributed by atoms with E-state index >= 15 is 0 Å².